The first kappa shape index (κ1) is 20.6. The molecular formula is C17H22ClN5O4S. The number of hydrogen-bond acceptors (Lipinski definition) is 6. The van der Waals surface area contributed by atoms with Crippen LogP contribution in [-0.2, 0) is 23.0 Å². The van der Waals surface area contributed by atoms with Crippen LogP contribution in [0, 0.1) is 0 Å². The molecule has 2 heterocycles. The minimum Gasteiger partial charge on any atom is -0.495 e. The number of ether oxygens (including phenoxy) is 1. The fourth-order valence-electron chi connectivity index (χ4n) is 3.04. The fraction of sp³-hybridized carbons (Fsp3) is 0.412. The molecular weight excluding hydrogens is 406 g/mol. The van der Waals surface area contributed by atoms with Crippen molar-refractivity contribution >= 4 is 34.0 Å². The molecule has 1 saturated carbocycles. The van der Waals surface area contributed by atoms with Gasteiger partial charge in [-0.1, -0.05) is 0 Å². The highest BCUT2D eigenvalue weighted by molar-refractivity contribution is 7.89. The zero-order valence-corrected chi connectivity index (χ0v) is 16.9. The number of methoxy groups -OCH3 is 1. The Bertz CT molecular complexity index is 987. The van der Waals surface area contributed by atoms with Crippen LogP contribution in [0.2, 0.25) is 0 Å². The lowest BCUT2D eigenvalue weighted by Gasteiger charge is -2.14. The average molecular weight is 428 g/mol. The van der Waals surface area contributed by atoms with Crippen molar-refractivity contribution in [2.45, 2.75) is 36.7 Å². The van der Waals surface area contributed by atoms with Crippen LogP contribution in [0.3, 0.4) is 0 Å². The molecule has 11 heteroatoms. The first-order chi connectivity index (χ1) is 13.0. The Labute approximate surface area is 169 Å². The number of nitrogens with one attached hydrogen (secondary N) is 4. The topological polar surface area (TPSA) is 125 Å². The number of aromatic amines is 1. The maximum atomic E-state index is 12.7. The monoisotopic (exact) mass is 427 g/mol. The van der Waals surface area contributed by atoms with E-state index in [2.05, 4.69) is 25.6 Å². The van der Waals surface area contributed by atoms with Crippen LogP contribution in [0.5, 0.6) is 5.75 Å². The third-order valence-corrected chi connectivity index (χ3v) is 6.17. The van der Waals surface area contributed by atoms with Gasteiger partial charge in [-0.3, -0.25) is 9.89 Å². The van der Waals surface area contributed by atoms with Gasteiger partial charge >= 0.3 is 0 Å². The highest BCUT2D eigenvalue weighted by atomic mass is 35.5. The number of anilines is 1. The Morgan fingerprint density at radius 2 is 2.11 bits per heavy atom. The molecule has 4 N–H and O–H groups in total. The highest BCUT2D eigenvalue weighted by Gasteiger charge is 2.29. The number of fused-ring (bicyclic) bond motifs is 1. The molecule has 152 valence electrons. The molecule has 0 bridgehead atoms. The summed E-state index contributed by atoms with van der Waals surface area (Å²) in [5, 5.41) is 13.0. The molecule has 1 aromatic carbocycles. The first-order valence-corrected chi connectivity index (χ1v) is 10.2. The Balaban J connectivity index is 0.00000225. The van der Waals surface area contributed by atoms with E-state index in [-0.39, 0.29) is 29.0 Å². The minimum absolute atomic E-state index is 0. The molecule has 1 amide bonds. The first-order valence-electron chi connectivity index (χ1n) is 8.76. The van der Waals surface area contributed by atoms with Crippen molar-refractivity contribution < 1.29 is 17.9 Å². The predicted molar refractivity (Wildman–Crippen MR) is 106 cm³/mol. The Kier molecular flexibility index (Phi) is 5.94. The Morgan fingerprint density at radius 1 is 1.32 bits per heavy atom. The van der Waals surface area contributed by atoms with E-state index in [1.54, 1.807) is 0 Å². The molecule has 0 radical (unpaired) electrons. The van der Waals surface area contributed by atoms with E-state index in [4.69, 9.17) is 4.74 Å². The van der Waals surface area contributed by atoms with Crippen molar-refractivity contribution in [2.75, 3.05) is 19.0 Å². The summed E-state index contributed by atoms with van der Waals surface area (Å²) in [6.07, 6.45) is 2.47. The summed E-state index contributed by atoms with van der Waals surface area (Å²) < 4.78 is 32.8. The van der Waals surface area contributed by atoms with Crippen molar-refractivity contribution in [3.05, 3.63) is 35.2 Å². The van der Waals surface area contributed by atoms with Crippen LogP contribution >= 0.6 is 12.4 Å². The smallest absolute Gasteiger partial charge is 0.276 e. The maximum absolute atomic E-state index is 12.7. The molecule has 0 atom stereocenters. The summed E-state index contributed by atoms with van der Waals surface area (Å²) in [6, 6.07) is 4.38. The second-order valence-corrected chi connectivity index (χ2v) is 8.38. The van der Waals surface area contributed by atoms with Crippen LogP contribution in [-0.4, -0.2) is 44.2 Å². The summed E-state index contributed by atoms with van der Waals surface area (Å²) in [6.45, 7) is 1.39. The number of halogens is 1. The van der Waals surface area contributed by atoms with E-state index in [0.29, 0.717) is 18.0 Å². The lowest BCUT2D eigenvalue weighted by atomic mass is 10.1. The number of sulfonamides is 1. The van der Waals surface area contributed by atoms with E-state index in [9.17, 15) is 13.2 Å². The van der Waals surface area contributed by atoms with Gasteiger partial charge in [-0.25, -0.2) is 13.1 Å². The number of carbonyl (C=O) groups excluding carboxylic acids is 1. The van der Waals surface area contributed by atoms with Crippen molar-refractivity contribution in [2.24, 2.45) is 0 Å². The van der Waals surface area contributed by atoms with Gasteiger partial charge in [-0.05, 0) is 31.0 Å². The van der Waals surface area contributed by atoms with Crippen LogP contribution in [0.4, 0.5) is 5.69 Å². The number of rotatable bonds is 6. The largest absolute Gasteiger partial charge is 0.495 e. The van der Waals surface area contributed by atoms with E-state index >= 15 is 0 Å². The van der Waals surface area contributed by atoms with Gasteiger partial charge in [0.15, 0.2) is 5.69 Å². The molecule has 2 aliphatic rings. The zero-order valence-electron chi connectivity index (χ0n) is 15.2. The van der Waals surface area contributed by atoms with Crippen LogP contribution in [0.25, 0.3) is 0 Å². The lowest BCUT2D eigenvalue weighted by Crippen LogP contribution is -2.26. The maximum Gasteiger partial charge on any atom is 0.276 e. The fourth-order valence-corrected chi connectivity index (χ4v) is 4.37. The average Bonchev–Trinajstić information content (AvgIpc) is 3.35. The number of benzene rings is 1. The summed E-state index contributed by atoms with van der Waals surface area (Å²) in [5.74, 6) is -0.0459. The molecule has 0 spiro atoms. The third kappa shape index (κ3) is 4.14. The van der Waals surface area contributed by atoms with Gasteiger partial charge < -0.3 is 15.4 Å². The van der Waals surface area contributed by atoms with Gasteiger partial charge in [0.1, 0.15) is 5.75 Å². The van der Waals surface area contributed by atoms with Gasteiger partial charge in [0.25, 0.3) is 5.91 Å². The van der Waals surface area contributed by atoms with Crippen LogP contribution in [0.15, 0.2) is 23.1 Å². The predicted octanol–water partition coefficient (Wildman–Crippen LogP) is 1.18. The molecule has 0 unspecified atom stereocenters. The number of amides is 1. The van der Waals surface area contributed by atoms with Gasteiger partial charge in [0.2, 0.25) is 10.0 Å². The van der Waals surface area contributed by atoms with E-state index in [1.165, 1.54) is 25.3 Å². The van der Waals surface area contributed by atoms with Crippen molar-refractivity contribution in [1.82, 2.24) is 20.2 Å². The normalized spacial score (nSPS) is 16.0. The third-order valence-electron chi connectivity index (χ3n) is 4.65. The molecule has 1 aliphatic carbocycles. The minimum atomic E-state index is -3.64. The quantitative estimate of drug-likeness (QED) is 0.548. The van der Waals surface area contributed by atoms with Gasteiger partial charge in [0.05, 0.1) is 17.7 Å². The summed E-state index contributed by atoms with van der Waals surface area (Å²) in [7, 11) is -2.18. The molecule has 2 aromatic rings. The highest BCUT2D eigenvalue weighted by Crippen LogP contribution is 2.30. The van der Waals surface area contributed by atoms with Crippen molar-refractivity contribution in [1.29, 1.82) is 0 Å². The van der Waals surface area contributed by atoms with E-state index in [1.807, 2.05) is 0 Å². The van der Waals surface area contributed by atoms with E-state index < -0.39 is 15.9 Å². The van der Waals surface area contributed by atoms with Gasteiger partial charge in [-0.2, -0.15) is 5.10 Å². The summed E-state index contributed by atoms with van der Waals surface area (Å²) in [5.41, 5.74) is 2.35. The molecule has 0 saturated heterocycles. The number of hydrogen-bond donors (Lipinski definition) is 4. The molecule has 4 rings (SSSR count). The lowest BCUT2D eigenvalue weighted by molar-refractivity contribution is 0.102. The van der Waals surface area contributed by atoms with Gasteiger partial charge in [-0.15, -0.1) is 12.4 Å². The summed E-state index contributed by atoms with van der Waals surface area (Å²) in [4.78, 5) is 12.8. The molecule has 1 aliphatic heterocycles. The molecule has 9 nitrogen and oxygen atoms in total. The number of nitrogens with zero attached hydrogens (tertiary/aromatic N) is 1. The molecule has 1 fully saturated rings. The zero-order chi connectivity index (χ0) is 19.0. The van der Waals surface area contributed by atoms with Crippen LogP contribution in [0.1, 0.15) is 34.6 Å². The number of carbonyl (C=O) groups is 1. The van der Waals surface area contributed by atoms with Gasteiger partial charge in [0, 0.05) is 36.8 Å². The summed E-state index contributed by atoms with van der Waals surface area (Å²) >= 11 is 0. The van der Waals surface area contributed by atoms with Crippen LogP contribution < -0.4 is 20.1 Å². The van der Waals surface area contributed by atoms with E-state index in [0.717, 1.165) is 37.1 Å². The second-order valence-electron chi connectivity index (χ2n) is 6.67. The SMILES string of the molecule is COc1ccc(S(=O)(=O)NC2CC2)cc1NC(=O)c1n[nH]c2c1CNCC2.Cl. The second kappa shape index (κ2) is 8.08. The molecule has 28 heavy (non-hydrogen) atoms. The standard InChI is InChI=1S/C17H21N5O4S.ClH/c1-26-15-5-4-11(27(24,25)22-10-2-3-10)8-14(15)19-17(23)16-12-9-18-7-6-13(12)20-21-16;/h4-5,8,10,18,22H,2-3,6-7,9H2,1H3,(H,19,23)(H,20,21);1H. The van der Waals surface area contributed by atoms with Crippen molar-refractivity contribution in [3.63, 3.8) is 0 Å². The van der Waals surface area contributed by atoms with Crippen molar-refractivity contribution in [3.8, 4) is 5.75 Å². The molecule has 1 aromatic heterocycles. The Hall–Kier alpha value is -2.14. The number of aromatic nitrogens is 2. The number of H-pyrrole nitrogens is 1. The Morgan fingerprint density at radius 3 is 2.82 bits per heavy atom.